The van der Waals surface area contributed by atoms with E-state index in [9.17, 15) is 5.11 Å². The van der Waals surface area contributed by atoms with Gasteiger partial charge < -0.3 is 14.6 Å². The Hall–Kier alpha value is -1.22. The largest absolute Gasteiger partial charge is 0.490 e. The van der Waals surface area contributed by atoms with Crippen LogP contribution in [0, 0.1) is 6.92 Å². The zero-order valence-corrected chi connectivity index (χ0v) is 10.7. The van der Waals surface area contributed by atoms with Crippen molar-refractivity contribution < 1.29 is 14.6 Å². The smallest absolute Gasteiger partial charge is 0.164 e. The second-order valence-corrected chi connectivity index (χ2v) is 5.16. The van der Waals surface area contributed by atoms with E-state index in [1.54, 1.807) is 0 Å². The minimum Gasteiger partial charge on any atom is -0.490 e. The zero-order valence-electron chi connectivity index (χ0n) is 10.7. The first kappa shape index (κ1) is 12.2. The Kier molecular flexibility index (Phi) is 3.29. The molecule has 2 rings (SSSR count). The second-order valence-electron chi connectivity index (χ2n) is 5.16. The quantitative estimate of drug-likeness (QED) is 0.857. The van der Waals surface area contributed by atoms with Gasteiger partial charge in [-0.25, -0.2) is 0 Å². The third kappa shape index (κ3) is 2.25. The lowest BCUT2D eigenvalue weighted by Crippen LogP contribution is -2.23. The Morgan fingerprint density at radius 3 is 2.65 bits per heavy atom. The van der Waals surface area contributed by atoms with Crippen molar-refractivity contribution in [1.82, 2.24) is 0 Å². The normalized spacial score (nSPS) is 15.5. The Balaban J connectivity index is 2.48. The minimum atomic E-state index is -0.255. The Labute approximate surface area is 102 Å². The molecule has 0 radical (unpaired) electrons. The van der Waals surface area contributed by atoms with E-state index in [0.717, 1.165) is 29.0 Å². The first-order valence-corrected chi connectivity index (χ1v) is 6.07. The van der Waals surface area contributed by atoms with Gasteiger partial charge >= 0.3 is 0 Å². The van der Waals surface area contributed by atoms with Crippen LogP contribution < -0.4 is 9.47 Å². The summed E-state index contributed by atoms with van der Waals surface area (Å²) in [5.41, 5.74) is 1.93. The van der Waals surface area contributed by atoms with Gasteiger partial charge in [0.2, 0.25) is 0 Å². The van der Waals surface area contributed by atoms with E-state index in [1.807, 2.05) is 32.9 Å². The van der Waals surface area contributed by atoms with Crippen LogP contribution in [0.25, 0.3) is 0 Å². The highest BCUT2D eigenvalue weighted by Gasteiger charge is 2.25. The third-order valence-electron chi connectivity index (χ3n) is 3.29. The van der Waals surface area contributed by atoms with E-state index >= 15 is 0 Å². The average molecular weight is 236 g/mol. The summed E-state index contributed by atoms with van der Waals surface area (Å²) < 4.78 is 11.4. The molecule has 0 saturated heterocycles. The molecule has 0 aromatic heterocycles. The molecule has 1 aromatic rings. The molecule has 1 N–H and O–H groups in total. The predicted octanol–water partition coefficient (Wildman–Crippen LogP) is 2.43. The second kappa shape index (κ2) is 4.57. The molecule has 0 fully saturated rings. The SMILES string of the molecule is Cc1c(C(C)(C)CO)ccc2c1OCCCO2. The maximum Gasteiger partial charge on any atom is 0.164 e. The molecule has 0 unspecified atom stereocenters. The van der Waals surface area contributed by atoms with E-state index in [1.165, 1.54) is 0 Å². The highest BCUT2D eigenvalue weighted by molar-refractivity contribution is 5.52. The molecule has 0 saturated carbocycles. The summed E-state index contributed by atoms with van der Waals surface area (Å²) in [5, 5.41) is 9.46. The summed E-state index contributed by atoms with van der Waals surface area (Å²) in [5.74, 6) is 1.65. The highest BCUT2D eigenvalue weighted by Crippen LogP contribution is 2.39. The van der Waals surface area contributed by atoms with Gasteiger partial charge in [0, 0.05) is 11.8 Å². The van der Waals surface area contributed by atoms with Crippen LogP contribution in [-0.2, 0) is 5.41 Å². The van der Waals surface area contributed by atoms with E-state index in [2.05, 4.69) is 0 Å². The van der Waals surface area contributed by atoms with Gasteiger partial charge in [-0.1, -0.05) is 19.9 Å². The first-order chi connectivity index (χ1) is 8.06. The van der Waals surface area contributed by atoms with Gasteiger partial charge in [-0.15, -0.1) is 0 Å². The van der Waals surface area contributed by atoms with Gasteiger partial charge in [-0.2, -0.15) is 0 Å². The molecule has 1 aliphatic heterocycles. The Bertz CT molecular complexity index is 410. The number of hydrogen-bond donors (Lipinski definition) is 1. The number of hydrogen-bond acceptors (Lipinski definition) is 3. The van der Waals surface area contributed by atoms with Crippen molar-refractivity contribution >= 4 is 0 Å². The summed E-state index contributed by atoms with van der Waals surface area (Å²) in [7, 11) is 0. The van der Waals surface area contributed by atoms with Crippen molar-refractivity contribution in [3.8, 4) is 11.5 Å². The van der Waals surface area contributed by atoms with Crippen molar-refractivity contribution in [2.45, 2.75) is 32.6 Å². The summed E-state index contributed by atoms with van der Waals surface area (Å²) in [6.07, 6.45) is 0.910. The molecule has 1 aromatic carbocycles. The summed E-state index contributed by atoms with van der Waals surface area (Å²) in [4.78, 5) is 0. The minimum absolute atomic E-state index is 0.119. The Morgan fingerprint density at radius 1 is 1.24 bits per heavy atom. The van der Waals surface area contributed by atoms with Gasteiger partial charge in [0.25, 0.3) is 0 Å². The summed E-state index contributed by atoms with van der Waals surface area (Å²) in [6.45, 7) is 7.60. The van der Waals surface area contributed by atoms with E-state index in [4.69, 9.17) is 9.47 Å². The van der Waals surface area contributed by atoms with Gasteiger partial charge in [0.05, 0.1) is 19.8 Å². The number of aliphatic hydroxyl groups is 1. The molecular weight excluding hydrogens is 216 g/mol. The maximum atomic E-state index is 9.46. The third-order valence-corrected chi connectivity index (χ3v) is 3.29. The zero-order chi connectivity index (χ0) is 12.5. The van der Waals surface area contributed by atoms with Gasteiger partial charge in [-0.3, -0.25) is 0 Å². The highest BCUT2D eigenvalue weighted by atomic mass is 16.5. The molecule has 3 nitrogen and oxygen atoms in total. The number of benzene rings is 1. The fourth-order valence-electron chi connectivity index (χ4n) is 2.19. The molecular formula is C14H20O3. The molecule has 3 heteroatoms. The van der Waals surface area contributed by atoms with Crippen molar-refractivity contribution in [1.29, 1.82) is 0 Å². The van der Waals surface area contributed by atoms with Crippen LogP contribution in [0.1, 0.15) is 31.4 Å². The molecule has 1 heterocycles. The standard InChI is InChI=1S/C14H20O3/c1-10-11(14(2,3)9-15)5-6-12-13(10)17-8-4-7-16-12/h5-6,15H,4,7-9H2,1-3H3. The fraction of sp³-hybridized carbons (Fsp3) is 0.571. The molecule has 0 amide bonds. The molecule has 0 bridgehead atoms. The van der Waals surface area contributed by atoms with Crippen LogP contribution in [0.5, 0.6) is 11.5 Å². The van der Waals surface area contributed by atoms with E-state index in [-0.39, 0.29) is 12.0 Å². The van der Waals surface area contributed by atoms with Crippen LogP contribution in [0.4, 0.5) is 0 Å². The lowest BCUT2D eigenvalue weighted by atomic mass is 9.82. The van der Waals surface area contributed by atoms with E-state index in [0.29, 0.717) is 13.2 Å². The topological polar surface area (TPSA) is 38.7 Å². The molecule has 1 aliphatic rings. The van der Waals surface area contributed by atoms with E-state index < -0.39 is 0 Å². The number of aliphatic hydroxyl groups excluding tert-OH is 1. The molecule has 17 heavy (non-hydrogen) atoms. The number of fused-ring (bicyclic) bond motifs is 1. The lowest BCUT2D eigenvalue weighted by molar-refractivity contribution is 0.217. The average Bonchev–Trinajstić information content (AvgIpc) is 2.55. The van der Waals surface area contributed by atoms with Crippen LogP contribution in [0.15, 0.2) is 12.1 Å². The number of rotatable bonds is 2. The molecule has 94 valence electrons. The molecule has 0 atom stereocenters. The molecule has 0 aliphatic carbocycles. The predicted molar refractivity (Wildman–Crippen MR) is 66.9 cm³/mol. The van der Waals surface area contributed by atoms with Gasteiger partial charge in [0.1, 0.15) is 0 Å². The van der Waals surface area contributed by atoms with Crippen LogP contribution in [0.2, 0.25) is 0 Å². The van der Waals surface area contributed by atoms with Crippen LogP contribution in [0.3, 0.4) is 0 Å². The van der Waals surface area contributed by atoms with Crippen molar-refractivity contribution in [3.05, 3.63) is 23.3 Å². The lowest BCUT2D eigenvalue weighted by Gasteiger charge is -2.26. The van der Waals surface area contributed by atoms with Gasteiger partial charge in [-0.05, 0) is 24.1 Å². The van der Waals surface area contributed by atoms with Crippen LogP contribution >= 0.6 is 0 Å². The summed E-state index contributed by atoms with van der Waals surface area (Å²) >= 11 is 0. The van der Waals surface area contributed by atoms with Crippen molar-refractivity contribution in [3.63, 3.8) is 0 Å². The van der Waals surface area contributed by atoms with Gasteiger partial charge in [0.15, 0.2) is 11.5 Å². The summed E-state index contributed by atoms with van der Waals surface area (Å²) in [6, 6.07) is 3.97. The number of ether oxygens (including phenoxy) is 2. The fourth-order valence-corrected chi connectivity index (χ4v) is 2.19. The molecule has 0 spiro atoms. The van der Waals surface area contributed by atoms with Crippen molar-refractivity contribution in [2.24, 2.45) is 0 Å². The van der Waals surface area contributed by atoms with Crippen molar-refractivity contribution in [2.75, 3.05) is 19.8 Å². The Morgan fingerprint density at radius 2 is 1.94 bits per heavy atom. The monoisotopic (exact) mass is 236 g/mol. The van der Waals surface area contributed by atoms with Crippen LogP contribution in [-0.4, -0.2) is 24.9 Å². The maximum absolute atomic E-state index is 9.46. The first-order valence-electron chi connectivity index (χ1n) is 6.07.